The third-order valence-electron chi connectivity index (χ3n) is 5.95. The fraction of sp³-hybridized carbons (Fsp3) is 0.455. The molecule has 1 aromatic carbocycles. The first-order valence-electron chi connectivity index (χ1n) is 9.86. The minimum absolute atomic E-state index is 0.0335. The second-order valence-corrected chi connectivity index (χ2v) is 7.69. The van der Waals surface area contributed by atoms with Crippen LogP contribution in [0.25, 0.3) is 0 Å². The number of piperidine rings is 1. The summed E-state index contributed by atoms with van der Waals surface area (Å²) in [7, 11) is 0. The van der Waals surface area contributed by atoms with Crippen molar-refractivity contribution >= 4 is 11.8 Å². The van der Waals surface area contributed by atoms with Crippen LogP contribution in [0.1, 0.15) is 53.1 Å². The van der Waals surface area contributed by atoms with E-state index in [2.05, 4.69) is 29.6 Å². The number of nitrogens with zero attached hydrogens (tertiary/aromatic N) is 1. The lowest BCUT2D eigenvalue weighted by Gasteiger charge is -2.32. The lowest BCUT2D eigenvalue weighted by Crippen LogP contribution is -2.41. The fourth-order valence-corrected chi connectivity index (χ4v) is 4.32. The van der Waals surface area contributed by atoms with Crippen LogP contribution in [0.4, 0.5) is 0 Å². The maximum atomic E-state index is 12.4. The molecule has 1 aliphatic carbocycles. The zero-order valence-electron chi connectivity index (χ0n) is 15.5. The van der Waals surface area contributed by atoms with Gasteiger partial charge in [-0.25, -0.2) is 0 Å². The van der Waals surface area contributed by atoms with Gasteiger partial charge >= 0.3 is 0 Å². The van der Waals surface area contributed by atoms with Crippen molar-refractivity contribution < 1.29 is 14.0 Å². The van der Waals surface area contributed by atoms with Gasteiger partial charge in [0.05, 0.1) is 11.8 Å². The highest BCUT2D eigenvalue weighted by atomic mass is 16.3. The molecule has 1 atom stereocenters. The van der Waals surface area contributed by atoms with E-state index in [4.69, 9.17) is 4.42 Å². The summed E-state index contributed by atoms with van der Waals surface area (Å²) in [4.78, 5) is 26.6. The highest BCUT2D eigenvalue weighted by molar-refractivity contribution is 5.93. The number of hydrogen-bond acceptors (Lipinski definition) is 3. The number of amides is 2. The topological polar surface area (TPSA) is 62.6 Å². The van der Waals surface area contributed by atoms with E-state index >= 15 is 0 Å². The number of carbonyl (C=O) groups excluding carboxylic acids is 2. The molecule has 1 N–H and O–H groups in total. The molecule has 2 aliphatic rings. The van der Waals surface area contributed by atoms with Crippen LogP contribution < -0.4 is 5.32 Å². The number of likely N-dealkylation sites (tertiary alicyclic amines) is 1. The maximum absolute atomic E-state index is 12.4. The van der Waals surface area contributed by atoms with Crippen LogP contribution >= 0.6 is 0 Å². The molecule has 2 amide bonds. The summed E-state index contributed by atoms with van der Waals surface area (Å²) in [6.45, 7) is 2.18. The molecule has 0 saturated carbocycles. The predicted octanol–water partition coefficient (Wildman–Crippen LogP) is 3.37. The molecule has 1 saturated heterocycles. The van der Waals surface area contributed by atoms with Gasteiger partial charge in [0.2, 0.25) is 5.91 Å². The van der Waals surface area contributed by atoms with Crippen molar-refractivity contribution in [3.8, 4) is 0 Å². The molecule has 2 heterocycles. The van der Waals surface area contributed by atoms with Gasteiger partial charge in [0.1, 0.15) is 6.26 Å². The lowest BCUT2D eigenvalue weighted by atomic mass is 9.95. The van der Waals surface area contributed by atoms with E-state index in [9.17, 15) is 9.59 Å². The molecule has 0 spiro atoms. The average molecular weight is 366 g/mol. The van der Waals surface area contributed by atoms with Crippen LogP contribution in [-0.2, 0) is 11.2 Å². The maximum Gasteiger partial charge on any atom is 0.257 e. The summed E-state index contributed by atoms with van der Waals surface area (Å²) in [5.41, 5.74) is 3.35. The zero-order chi connectivity index (χ0) is 18.6. The Morgan fingerprint density at radius 3 is 2.70 bits per heavy atom. The SMILES string of the molecule is O=C(CC1CCc2ccccc21)NCC1CCN(C(=O)c2ccoc2)CC1. The molecular formula is C22H26N2O3. The summed E-state index contributed by atoms with van der Waals surface area (Å²) in [5.74, 6) is 0.980. The Hall–Kier alpha value is -2.56. The number of furan rings is 1. The van der Waals surface area contributed by atoms with Crippen molar-refractivity contribution in [2.45, 2.75) is 38.0 Å². The van der Waals surface area contributed by atoms with E-state index in [1.807, 2.05) is 4.90 Å². The summed E-state index contributed by atoms with van der Waals surface area (Å²) >= 11 is 0. The van der Waals surface area contributed by atoms with Gasteiger partial charge in [0, 0.05) is 26.1 Å². The molecule has 2 aromatic rings. The number of rotatable bonds is 5. The van der Waals surface area contributed by atoms with Crippen LogP contribution in [-0.4, -0.2) is 36.3 Å². The van der Waals surface area contributed by atoms with E-state index in [1.54, 1.807) is 6.07 Å². The third kappa shape index (κ3) is 4.07. The molecule has 1 aliphatic heterocycles. The summed E-state index contributed by atoms with van der Waals surface area (Å²) in [6.07, 6.45) is 7.60. The quantitative estimate of drug-likeness (QED) is 0.882. The molecule has 142 valence electrons. The predicted molar refractivity (Wildman–Crippen MR) is 102 cm³/mol. The first-order chi connectivity index (χ1) is 13.2. The van der Waals surface area contributed by atoms with E-state index in [0.29, 0.717) is 30.4 Å². The van der Waals surface area contributed by atoms with Crippen molar-refractivity contribution in [2.24, 2.45) is 5.92 Å². The first-order valence-corrected chi connectivity index (χ1v) is 9.86. The van der Waals surface area contributed by atoms with Gasteiger partial charge in [-0.1, -0.05) is 24.3 Å². The van der Waals surface area contributed by atoms with E-state index < -0.39 is 0 Å². The van der Waals surface area contributed by atoms with Crippen LogP contribution in [0.2, 0.25) is 0 Å². The lowest BCUT2D eigenvalue weighted by molar-refractivity contribution is -0.121. The highest BCUT2D eigenvalue weighted by Gasteiger charge is 2.26. The summed E-state index contributed by atoms with van der Waals surface area (Å²) in [6, 6.07) is 10.2. The molecule has 1 fully saturated rings. The third-order valence-corrected chi connectivity index (χ3v) is 5.95. The summed E-state index contributed by atoms with van der Waals surface area (Å²) < 4.78 is 4.99. The Kier molecular flexibility index (Phi) is 5.28. The Balaban J connectivity index is 1.20. The normalized spacial score (nSPS) is 19.7. The second kappa shape index (κ2) is 7.99. The van der Waals surface area contributed by atoms with Crippen molar-refractivity contribution in [3.63, 3.8) is 0 Å². The highest BCUT2D eigenvalue weighted by Crippen LogP contribution is 2.35. The fourth-order valence-electron chi connectivity index (χ4n) is 4.32. The minimum atomic E-state index is 0.0335. The van der Waals surface area contributed by atoms with E-state index in [-0.39, 0.29) is 11.8 Å². The molecule has 5 nitrogen and oxygen atoms in total. The van der Waals surface area contributed by atoms with Crippen LogP contribution in [0, 0.1) is 5.92 Å². The van der Waals surface area contributed by atoms with E-state index in [0.717, 1.165) is 38.8 Å². The second-order valence-electron chi connectivity index (χ2n) is 7.69. The number of nitrogens with one attached hydrogen (secondary N) is 1. The minimum Gasteiger partial charge on any atom is -0.472 e. The van der Waals surface area contributed by atoms with Gasteiger partial charge in [-0.05, 0) is 54.7 Å². The van der Waals surface area contributed by atoms with Crippen molar-refractivity contribution in [1.82, 2.24) is 10.2 Å². The smallest absolute Gasteiger partial charge is 0.257 e. The van der Waals surface area contributed by atoms with Crippen molar-refractivity contribution in [2.75, 3.05) is 19.6 Å². The zero-order valence-corrected chi connectivity index (χ0v) is 15.5. The van der Waals surface area contributed by atoms with Crippen LogP contribution in [0.3, 0.4) is 0 Å². The Bertz CT molecular complexity index is 792. The molecule has 5 heteroatoms. The van der Waals surface area contributed by atoms with Crippen LogP contribution in [0.15, 0.2) is 47.3 Å². The van der Waals surface area contributed by atoms with Gasteiger partial charge in [-0.3, -0.25) is 9.59 Å². The number of carbonyl (C=O) groups is 2. The Labute approximate surface area is 159 Å². The van der Waals surface area contributed by atoms with Gasteiger partial charge in [0.15, 0.2) is 0 Å². The number of fused-ring (bicyclic) bond motifs is 1. The molecule has 4 rings (SSSR count). The Morgan fingerprint density at radius 1 is 1.11 bits per heavy atom. The molecular weight excluding hydrogens is 340 g/mol. The number of aryl methyl sites for hydroxylation is 1. The Morgan fingerprint density at radius 2 is 1.93 bits per heavy atom. The van der Waals surface area contributed by atoms with Crippen molar-refractivity contribution in [1.29, 1.82) is 0 Å². The van der Waals surface area contributed by atoms with Gasteiger partial charge in [-0.15, -0.1) is 0 Å². The van der Waals surface area contributed by atoms with Crippen LogP contribution in [0.5, 0.6) is 0 Å². The van der Waals surface area contributed by atoms with Crippen molar-refractivity contribution in [3.05, 3.63) is 59.5 Å². The number of hydrogen-bond donors (Lipinski definition) is 1. The molecule has 1 unspecified atom stereocenters. The largest absolute Gasteiger partial charge is 0.472 e. The monoisotopic (exact) mass is 366 g/mol. The van der Waals surface area contributed by atoms with Gasteiger partial charge in [-0.2, -0.15) is 0 Å². The van der Waals surface area contributed by atoms with E-state index in [1.165, 1.54) is 23.7 Å². The average Bonchev–Trinajstić information content (AvgIpc) is 3.37. The molecule has 0 radical (unpaired) electrons. The standard InChI is InChI=1S/C22H26N2O3/c25-21(13-18-6-5-17-3-1-2-4-20(17)18)23-14-16-7-10-24(11-8-16)22(26)19-9-12-27-15-19/h1-4,9,12,15-16,18H,5-8,10-11,13-14H2,(H,23,25). The molecule has 1 aromatic heterocycles. The molecule has 0 bridgehead atoms. The molecule has 27 heavy (non-hydrogen) atoms. The van der Waals surface area contributed by atoms with Gasteiger partial charge in [0.25, 0.3) is 5.91 Å². The van der Waals surface area contributed by atoms with Gasteiger partial charge < -0.3 is 14.6 Å². The summed E-state index contributed by atoms with van der Waals surface area (Å²) in [5, 5.41) is 3.12. The number of benzene rings is 1. The first kappa shape index (κ1) is 17.8.